The summed E-state index contributed by atoms with van der Waals surface area (Å²) in [5, 5.41) is -6.55. The molecule has 0 atom stereocenters. The van der Waals surface area contributed by atoms with E-state index in [2.05, 4.69) is 234 Å². The number of carbonyl (C=O) groups excluding carboxylic acids is 2. The molecule has 101 heavy (non-hydrogen) atoms. The zero-order valence-corrected chi connectivity index (χ0v) is 62.5. The second kappa shape index (κ2) is 32.3. The first-order chi connectivity index (χ1) is 47.2. The summed E-state index contributed by atoms with van der Waals surface area (Å²) in [4.78, 5) is 33.7. The van der Waals surface area contributed by atoms with E-state index in [1.54, 1.807) is 0 Å². The maximum atomic E-state index is 13.2. The number of carbonyl (C=O) groups is 2. The first-order valence-corrected chi connectivity index (χ1v) is 38.8. The van der Waals surface area contributed by atoms with Gasteiger partial charge in [-0.25, -0.2) is 26.4 Å². The molecule has 10 aromatic carbocycles. The molecule has 0 saturated carbocycles. The quantitative estimate of drug-likeness (QED) is 0.0417. The topological polar surface area (TPSA) is 167 Å². The Kier molecular flexibility index (Phi) is 25.0. The highest BCUT2D eigenvalue weighted by Gasteiger charge is 2.41. The van der Waals surface area contributed by atoms with E-state index in [1.165, 1.54) is 78.7 Å². The number of thiophene rings is 1. The molecule has 0 unspecified atom stereocenters. The monoisotopic (exact) mass is 1460 g/mol. The van der Waals surface area contributed by atoms with Gasteiger partial charge in [0.25, 0.3) is 0 Å². The molecule has 0 aliphatic carbocycles. The van der Waals surface area contributed by atoms with E-state index >= 15 is 0 Å². The number of alkyl halides is 4. The SMILES string of the molecule is CC(C)(C)c1cc(C(=O)OCC(F)(F)S(=O)(=O)[O-])cc(C(C)(C)C)c1.CC(C)(C)c1cc(C(=O)OCC(F)(F)S(=O)(=O)[O-])cc(C(C)(C)C)c1.c1ccc(-[s+]2c3ccccc3c3ccccc32)cc1.c1ccc([S+](c2ccccc2)c2ccc([S+](c3ccccc3)c3ccccc3)cc2)cc1. The summed E-state index contributed by atoms with van der Waals surface area (Å²) in [5.74, 6) is -2.22. The van der Waals surface area contributed by atoms with Gasteiger partial charge in [-0.05, 0) is 177 Å². The van der Waals surface area contributed by atoms with E-state index in [-0.39, 0.29) is 65.0 Å². The van der Waals surface area contributed by atoms with E-state index in [9.17, 15) is 53.1 Å². The van der Waals surface area contributed by atoms with Crippen molar-refractivity contribution in [3.8, 4) is 4.90 Å². The maximum absolute atomic E-state index is 13.2. The molecule has 0 radical (unpaired) electrons. The van der Waals surface area contributed by atoms with Crippen molar-refractivity contribution in [2.24, 2.45) is 0 Å². The average molecular weight is 1460 g/mol. The number of hydrogen-bond acceptors (Lipinski definition) is 10. The predicted octanol–water partition coefficient (Wildman–Crippen LogP) is 20.8. The van der Waals surface area contributed by atoms with Crippen LogP contribution in [0.3, 0.4) is 0 Å². The van der Waals surface area contributed by atoms with Crippen LogP contribution in [-0.4, -0.2) is 61.6 Å². The lowest BCUT2D eigenvalue weighted by atomic mass is 9.79. The zero-order chi connectivity index (χ0) is 73.9. The summed E-state index contributed by atoms with van der Waals surface area (Å²) in [6.07, 6.45) is 0. The summed E-state index contributed by atoms with van der Waals surface area (Å²) in [6.45, 7) is 19.6. The molecule has 528 valence electrons. The van der Waals surface area contributed by atoms with Crippen LogP contribution in [0.4, 0.5) is 17.6 Å². The van der Waals surface area contributed by atoms with Gasteiger partial charge in [0.2, 0.25) is 0 Å². The predicted molar refractivity (Wildman–Crippen MR) is 399 cm³/mol. The molecule has 10 nitrogen and oxygen atoms in total. The minimum absolute atomic E-state index is 0.0245. The molecule has 1 heterocycles. The number of ether oxygens (including phenoxy) is 2. The van der Waals surface area contributed by atoms with Crippen LogP contribution in [0.25, 0.3) is 25.1 Å². The lowest BCUT2D eigenvalue weighted by Gasteiger charge is -2.26. The summed E-state index contributed by atoms with van der Waals surface area (Å²) < 4.78 is 127. The van der Waals surface area contributed by atoms with E-state index < -0.39 is 55.9 Å². The lowest BCUT2D eigenvalue weighted by molar-refractivity contribution is -0.0101. The molecule has 0 N–H and O–H groups in total. The molecule has 11 aromatic rings. The Bertz CT molecular complexity index is 4410. The van der Waals surface area contributed by atoms with E-state index in [1.807, 2.05) is 95.2 Å². The van der Waals surface area contributed by atoms with Crippen LogP contribution in [0.1, 0.15) is 126 Å². The normalized spacial score (nSPS) is 12.4. The Morgan fingerprint density at radius 3 is 0.822 bits per heavy atom. The van der Waals surface area contributed by atoms with Crippen LogP contribution in [-0.2, 0) is 73.2 Å². The van der Waals surface area contributed by atoms with E-state index in [0.717, 1.165) is 22.3 Å². The molecule has 0 aliphatic rings. The fraction of sp³-hybridized carbons (Fsp3) is 0.244. The van der Waals surface area contributed by atoms with Crippen LogP contribution in [0.5, 0.6) is 0 Å². The Morgan fingerprint density at radius 2 is 0.574 bits per heavy atom. The Balaban J connectivity index is 0.000000174. The molecule has 19 heteroatoms. The van der Waals surface area contributed by atoms with Crippen molar-refractivity contribution >= 4 is 84.6 Å². The number of hydrogen-bond donors (Lipinski definition) is 0. The highest BCUT2D eigenvalue weighted by Crippen LogP contribution is 2.48. The molecular weight excluding hydrogens is 1380 g/mol. The molecule has 0 aliphatic heterocycles. The van der Waals surface area contributed by atoms with Gasteiger partial charge in [-0.2, -0.15) is 17.6 Å². The summed E-state index contributed by atoms with van der Waals surface area (Å²) in [7, 11) is -12.0. The van der Waals surface area contributed by atoms with Crippen LogP contribution in [0.2, 0.25) is 0 Å². The minimum Gasteiger partial charge on any atom is -0.743 e. The van der Waals surface area contributed by atoms with Crippen molar-refractivity contribution in [1.82, 2.24) is 0 Å². The number of halogens is 4. The molecule has 0 fully saturated rings. The summed E-state index contributed by atoms with van der Waals surface area (Å²) in [5.41, 5.74) is 2.03. The number of fused-ring (bicyclic) bond motifs is 3. The van der Waals surface area contributed by atoms with Gasteiger partial charge in [-0.15, -0.1) is 0 Å². The molecule has 0 spiro atoms. The van der Waals surface area contributed by atoms with Crippen LogP contribution < -0.4 is 0 Å². The number of rotatable bonds is 15. The second-order valence-corrected chi connectivity index (χ2v) is 36.9. The van der Waals surface area contributed by atoms with Crippen LogP contribution in [0.15, 0.2) is 290 Å². The van der Waals surface area contributed by atoms with Gasteiger partial charge in [-0.1, -0.05) is 210 Å². The first-order valence-electron chi connectivity index (χ1n) is 32.3. The van der Waals surface area contributed by atoms with Crippen LogP contribution in [0, 0.1) is 0 Å². The molecule has 0 saturated heterocycles. The van der Waals surface area contributed by atoms with Crippen molar-refractivity contribution in [3.05, 3.63) is 294 Å². The van der Waals surface area contributed by atoms with Gasteiger partial charge in [0.1, 0.15) is 0 Å². The van der Waals surface area contributed by atoms with Crippen molar-refractivity contribution in [2.75, 3.05) is 13.2 Å². The standard InChI is InChI=1S/C30H24S2.C18H13S.2C17H24F2O5S/c1-5-13-25(14-6-1)31(26-15-7-2-8-16-26)29-21-23-30(24-22-29)32(27-17-9-3-10-18-27)28-19-11-4-12-20-28;1-2-8-14(9-3-1)19-17-12-6-4-10-15(17)16-11-5-7-13-18(16)19;2*1-15(2,3)12-7-11(8-13(9-12)16(4,5)6)14(20)24-10-17(18,19)25(21,22)23/h1-24H;1-13H;2*7-9H,10H2,1-6H3,(H,21,22,23)/q+2;+1;;/p-2. The maximum Gasteiger partial charge on any atom is 0.367 e. The second-order valence-electron chi connectivity index (χ2n) is 27.9. The molecular formula is C82H83F4O10S5+. The van der Waals surface area contributed by atoms with Crippen molar-refractivity contribution < 1.29 is 62.6 Å². The Hall–Kier alpha value is -8.40. The van der Waals surface area contributed by atoms with Gasteiger partial charge in [0.05, 0.1) is 32.9 Å². The zero-order valence-electron chi connectivity index (χ0n) is 58.4. The van der Waals surface area contributed by atoms with E-state index in [4.69, 9.17) is 0 Å². The Morgan fingerprint density at radius 1 is 0.347 bits per heavy atom. The van der Waals surface area contributed by atoms with Gasteiger partial charge < -0.3 is 18.6 Å². The molecule has 0 bridgehead atoms. The smallest absolute Gasteiger partial charge is 0.367 e. The number of esters is 2. The highest BCUT2D eigenvalue weighted by molar-refractivity contribution is 7.97. The molecule has 0 amide bonds. The van der Waals surface area contributed by atoms with E-state index in [0.29, 0.717) is 0 Å². The fourth-order valence-electron chi connectivity index (χ4n) is 10.3. The Labute approximate surface area is 600 Å². The summed E-state index contributed by atoms with van der Waals surface area (Å²) >= 11 is 0. The largest absolute Gasteiger partial charge is 0.743 e. The van der Waals surface area contributed by atoms with Gasteiger partial charge in [-0.3, -0.25) is 0 Å². The number of benzene rings is 10. The average Bonchev–Trinajstić information content (AvgIpc) is 1.62. The van der Waals surface area contributed by atoms with Crippen molar-refractivity contribution in [3.63, 3.8) is 0 Å². The molecule has 11 rings (SSSR count). The third kappa shape index (κ3) is 20.5. The first kappa shape index (κ1) is 78.3. The fourth-order valence-corrected chi connectivity index (χ4v) is 17.2. The van der Waals surface area contributed by atoms with Crippen molar-refractivity contribution in [2.45, 2.75) is 145 Å². The third-order valence-electron chi connectivity index (χ3n) is 16.0. The lowest BCUT2D eigenvalue weighted by Crippen LogP contribution is -2.34. The third-order valence-corrected chi connectivity index (χ3v) is 24.5. The van der Waals surface area contributed by atoms with Gasteiger partial charge >= 0.3 is 22.4 Å². The minimum atomic E-state index is -5.90. The van der Waals surface area contributed by atoms with Crippen molar-refractivity contribution in [1.29, 1.82) is 0 Å². The molecule has 1 aromatic heterocycles. The highest BCUT2D eigenvalue weighted by atomic mass is 32.2. The van der Waals surface area contributed by atoms with Gasteiger partial charge in [0, 0.05) is 21.2 Å². The van der Waals surface area contributed by atoms with Gasteiger partial charge in [0.15, 0.2) is 77.1 Å². The summed E-state index contributed by atoms with van der Waals surface area (Å²) in [6, 6.07) is 90.9. The van der Waals surface area contributed by atoms with Crippen LogP contribution >= 0.6 is 10.5 Å².